The van der Waals surface area contributed by atoms with Gasteiger partial charge in [0.05, 0.1) is 5.52 Å². The number of hydrogen-bond donors (Lipinski definition) is 1. The molecule has 112 valence electrons. The summed E-state index contributed by atoms with van der Waals surface area (Å²) in [6.07, 6.45) is 1.66. The Morgan fingerprint density at radius 1 is 1.43 bits per heavy atom. The number of carboxylic acid groups (broad SMARTS) is 1. The minimum absolute atomic E-state index is 0.280. The Morgan fingerprint density at radius 3 is 2.67 bits per heavy atom. The van der Waals surface area contributed by atoms with Gasteiger partial charge in [-0.3, -0.25) is 0 Å². The fourth-order valence-electron chi connectivity index (χ4n) is 2.54. The number of aliphatic carboxylic acids is 1. The number of hydrogen-bond acceptors (Lipinski definition) is 1. The third-order valence-electron chi connectivity index (χ3n) is 3.50. The summed E-state index contributed by atoms with van der Waals surface area (Å²) >= 11 is 6.54. The van der Waals surface area contributed by atoms with Crippen LogP contribution in [0.15, 0.2) is 23.8 Å². The topological polar surface area (TPSA) is 42.2 Å². The van der Waals surface area contributed by atoms with Crippen molar-refractivity contribution in [2.75, 3.05) is 0 Å². The molecule has 0 amide bonds. The molecular formula is C17H20ClNO2. The van der Waals surface area contributed by atoms with Gasteiger partial charge in [0.2, 0.25) is 0 Å². The van der Waals surface area contributed by atoms with Gasteiger partial charge in [-0.25, -0.2) is 4.79 Å². The van der Waals surface area contributed by atoms with Crippen LogP contribution in [0.25, 0.3) is 17.0 Å². The van der Waals surface area contributed by atoms with Crippen molar-refractivity contribution in [1.82, 2.24) is 4.57 Å². The van der Waals surface area contributed by atoms with E-state index in [2.05, 4.69) is 18.4 Å². The van der Waals surface area contributed by atoms with Gasteiger partial charge in [0.15, 0.2) is 0 Å². The zero-order valence-corrected chi connectivity index (χ0v) is 13.5. The van der Waals surface area contributed by atoms with E-state index in [1.165, 1.54) is 0 Å². The van der Waals surface area contributed by atoms with E-state index in [4.69, 9.17) is 16.7 Å². The number of aryl methyl sites for hydroxylation is 1. The molecule has 0 fully saturated rings. The molecule has 2 aromatic rings. The van der Waals surface area contributed by atoms with Crippen LogP contribution in [0.5, 0.6) is 0 Å². The molecule has 0 spiro atoms. The summed E-state index contributed by atoms with van der Waals surface area (Å²) in [7, 11) is 0. The number of benzene rings is 1. The van der Waals surface area contributed by atoms with Crippen molar-refractivity contribution in [3.63, 3.8) is 0 Å². The monoisotopic (exact) mass is 305 g/mol. The van der Waals surface area contributed by atoms with Crippen LogP contribution in [0.1, 0.15) is 31.9 Å². The van der Waals surface area contributed by atoms with E-state index in [1.54, 1.807) is 13.0 Å². The van der Waals surface area contributed by atoms with Crippen molar-refractivity contribution in [2.45, 2.75) is 34.2 Å². The van der Waals surface area contributed by atoms with Crippen molar-refractivity contribution in [3.05, 3.63) is 40.1 Å². The molecule has 1 aromatic heterocycles. The lowest BCUT2D eigenvalue weighted by molar-refractivity contribution is -0.132. The van der Waals surface area contributed by atoms with Gasteiger partial charge in [0.1, 0.15) is 5.15 Å². The van der Waals surface area contributed by atoms with E-state index in [-0.39, 0.29) is 5.57 Å². The zero-order valence-electron chi connectivity index (χ0n) is 12.8. The van der Waals surface area contributed by atoms with E-state index in [0.29, 0.717) is 11.1 Å². The second-order valence-electron chi connectivity index (χ2n) is 5.81. The van der Waals surface area contributed by atoms with Crippen molar-refractivity contribution in [2.24, 2.45) is 5.92 Å². The predicted octanol–water partition coefficient (Wildman–Crippen LogP) is 4.75. The van der Waals surface area contributed by atoms with Crippen molar-refractivity contribution in [3.8, 4) is 0 Å². The number of nitrogens with zero attached hydrogens (tertiary/aromatic N) is 1. The molecule has 1 aromatic carbocycles. The summed E-state index contributed by atoms with van der Waals surface area (Å²) in [6, 6.07) is 6.01. The first kappa shape index (κ1) is 15.6. The van der Waals surface area contributed by atoms with Gasteiger partial charge in [0.25, 0.3) is 0 Å². The van der Waals surface area contributed by atoms with E-state index in [1.807, 2.05) is 25.1 Å². The molecule has 0 aliphatic carbocycles. The van der Waals surface area contributed by atoms with Crippen LogP contribution in [0, 0.1) is 12.8 Å². The molecule has 0 aliphatic heterocycles. The summed E-state index contributed by atoms with van der Waals surface area (Å²) in [6.45, 7) is 8.71. The number of rotatable bonds is 4. The minimum atomic E-state index is -0.927. The van der Waals surface area contributed by atoms with Crippen molar-refractivity contribution in [1.29, 1.82) is 0 Å². The van der Waals surface area contributed by atoms with E-state index in [9.17, 15) is 4.79 Å². The normalized spacial score (nSPS) is 12.4. The highest BCUT2D eigenvalue weighted by Crippen LogP contribution is 2.34. The van der Waals surface area contributed by atoms with Crippen LogP contribution in [0.2, 0.25) is 5.15 Å². The first-order chi connectivity index (χ1) is 9.82. The highest BCUT2D eigenvalue weighted by atomic mass is 35.5. The summed E-state index contributed by atoms with van der Waals surface area (Å²) < 4.78 is 2.08. The molecule has 0 unspecified atom stereocenters. The standard InChI is InChI=1S/C17H20ClNO2/c1-10(2)9-19-15-11(3)6-5-7-13(15)14(16(19)18)8-12(4)17(20)21/h5-8,10H,9H2,1-4H3,(H,20,21)/b12-8+. The van der Waals surface area contributed by atoms with Gasteiger partial charge < -0.3 is 9.67 Å². The second-order valence-corrected chi connectivity index (χ2v) is 6.17. The molecule has 4 heteroatoms. The van der Waals surface area contributed by atoms with Crippen molar-refractivity contribution >= 4 is 34.5 Å². The lowest BCUT2D eigenvalue weighted by Gasteiger charge is -2.11. The molecule has 21 heavy (non-hydrogen) atoms. The Hall–Kier alpha value is -1.74. The molecule has 0 saturated heterocycles. The van der Waals surface area contributed by atoms with Gasteiger partial charge in [0, 0.05) is 23.1 Å². The molecule has 0 aliphatic rings. The lowest BCUT2D eigenvalue weighted by Crippen LogP contribution is -2.05. The van der Waals surface area contributed by atoms with Crippen LogP contribution in [-0.4, -0.2) is 15.6 Å². The Balaban J connectivity index is 2.77. The highest BCUT2D eigenvalue weighted by molar-refractivity contribution is 6.33. The van der Waals surface area contributed by atoms with Gasteiger partial charge >= 0.3 is 5.97 Å². The summed E-state index contributed by atoms with van der Waals surface area (Å²) in [5, 5.41) is 10.7. The van der Waals surface area contributed by atoms with Gasteiger partial charge in [-0.2, -0.15) is 0 Å². The number of halogens is 1. The van der Waals surface area contributed by atoms with E-state index in [0.717, 1.165) is 28.6 Å². The molecule has 0 atom stereocenters. The largest absolute Gasteiger partial charge is 0.478 e. The molecule has 0 radical (unpaired) electrons. The molecular weight excluding hydrogens is 286 g/mol. The van der Waals surface area contributed by atoms with Gasteiger partial charge in [-0.1, -0.05) is 43.6 Å². The van der Waals surface area contributed by atoms with Crippen LogP contribution in [0.3, 0.4) is 0 Å². The average Bonchev–Trinajstić information content (AvgIpc) is 2.65. The number of carboxylic acids is 1. The Morgan fingerprint density at radius 2 is 2.10 bits per heavy atom. The Labute approximate surface area is 129 Å². The molecule has 0 bridgehead atoms. The van der Waals surface area contributed by atoms with Crippen LogP contribution < -0.4 is 0 Å². The van der Waals surface area contributed by atoms with Crippen molar-refractivity contribution < 1.29 is 9.90 Å². The second kappa shape index (κ2) is 5.94. The summed E-state index contributed by atoms with van der Waals surface area (Å²) in [4.78, 5) is 11.1. The SMILES string of the molecule is C/C(=C\c1c(Cl)n(CC(C)C)c2c(C)cccc12)C(=O)O. The molecule has 3 nitrogen and oxygen atoms in total. The lowest BCUT2D eigenvalue weighted by atomic mass is 10.1. The number of carbonyl (C=O) groups is 1. The van der Waals surface area contributed by atoms with Crippen LogP contribution in [0.4, 0.5) is 0 Å². The maximum Gasteiger partial charge on any atom is 0.331 e. The summed E-state index contributed by atoms with van der Waals surface area (Å²) in [5.74, 6) is -0.474. The quantitative estimate of drug-likeness (QED) is 0.828. The molecule has 1 heterocycles. The van der Waals surface area contributed by atoms with E-state index >= 15 is 0 Å². The first-order valence-electron chi connectivity index (χ1n) is 7.01. The van der Waals surface area contributed by atoms with Gasteiger partial charge in [-0.05, 0) is 31.4 Å². The third-order valence-corrected chi connectivity index (χ3v) is 3.91. The minimum Gasteiger partial charge on any atom is -0.478 e. The third kappa shape index (κ3) is 2.98. The molecule has 0 saturated carbocycles. The number of aromatic nitrogens is 1. The molecule has 1 N–H and O–H groups in total. The van der Waals surface area contributed by atoms with Crippen LogP contribution in [-0.2, 0) is 11.3 Å². The smallest absolute Gasteiger partial charge is 0.331 e. The van der Waals surface area contributed by atoms with Gasteiger partial charge in [-0.15, -0.1) is 0 Å². The maximum atomic E-state index is 11.1. The molecule has 2 rings (SSSR count). The zero-order chi connectivity index (χ0) is 15.7. The first-order valence-corrected chi connectivity index (χ1v) is 7.39. The Kier molecular flexibility index (Phi) is 4.43. The maximum absolute atomic E-state index is 11.1. The van der Waals surface area contributed by atoms with E-state index < -0.39 is 5.97 Å². The van der Waals surface area contributed by atoms with Crippen LogP contribution >= 0.6 is 11.6 Å². The fourth-order valence-corrected chi connectivity index (χ4v) is 2.85. The number of para-hydroxylation sites is 1. The Bertz CT molecular complexity index is 726. The fraction of sp³-hybridized carbons (Fsp3) is 0.353. The average molecular weight is 306 g/mol. The highest BCUT2D eigenvalue weighted by Gasteiger charge is 2.17. The number of fused-ring (bicyclic) bond motifs is 1. The summed E-state index contributed by atoms with van der Waals surface area (Å²) in [5.41, 5.74) is 3.29. The predicted molar refractivity (Wildman–Crippen MR) is 87.8 cm³/mol.